The summed E-state index contributed by atoms with van der Waals surface area (Å²) in [6.07, 6.45) is -2.86. The first-order valence-corrected chi connectivity index (χ1v) is 15.7. The number of hydrogen-bond acceptors (Lipinski definition) is 8. The van der Waals surface area contributed by atoms with Crippen molar-refractivity contribution < 1.29 is 27.8 Å². The van der Waals surface area contributed by atoms with Crippen molar-refractivity contribution in [3.05, 3.63) is 91.6 Å². The summed E-state index contributed by atoms with van der Waals surface area (Å²) < 4.78 is 52.0. The van der Waals surface area contributed by atoms with Crippen molar-refractivity contribution in [1.82, 2.24) is 24.3 Å². The van der Waals surface area contributed by atoms with Crippen molar-refractivity contribution in [2.45, 2.75) is 33.0 Å². The Hall–Kier alpha value is -5.26. The van der Waals surface area contributed by atoms with Gasteiger partial charge in [-0.15, -0.1) is 11.3 Å². The predicted molar refractivity (Wildman–Crippen MR) is 175 cm³/mol. The van der Waals surface area contributed by atoms with E-state index < -0.39 is 34.4 Å². The first-order chi connectivity index (χ1) is 22.8. The Bertz CT molecular complexity index is 2370. The number of carboxylic acid groups (broad SMARTS) is 1. The summed E-state index contributed by atoms with van der Waals surface area (Å²) in [5.41, 5.74) is -0.808. The number of pyridine rings is 1. The highest BCUT2D eigenvalue weighted by atomic mass is 35.5. The summed E-state index contributed by atoms with van der Waals surface area (Å²) in [6, 6.07) is 10.7. The van der Waals surface area contributed by atoms with Crippen molar-refractivity contribution in [2.24, 2.45) is 7.05 Å². The third-order valence-electron chi connectivity index (χ3n) is 7.80. The van der Waals surface area contributed by atoms with Gasteiger partial charge >= 0.3 is 12.1 Å². The van der Waals surface area contributed by atoms with E-state index in [1.54, 1.807) is 24.3 Å². The van der Waals surface area contributed by atoms with Crippen LogP contribution in [-0.2, 0) is 26.2 Å². The Morgan fingerprint density at radius 1 is 1.17 bits per heavy atom. The maximum Gasteiger partial charge on any atom is 0.417 e. The molecule has 0 atom stereocenters. The Labute approximate surface area is 279 Å². The molecule has 0 radical (unpaired) electrons. The largest absolute Gasteiger partial charge is 0.491 e. The molecular weight excluding hydrogens is 669 g/mol. The fourth-order valence-corrected chi connectivity index (χ4v) is 6.77. The number of carbonyl (C=O) groups is 1. The number of alkyl halides is 3. The van der Waals surface area contributed by atoms with Crippen molar-refractivity contribution in [2.75, 3.05) is 6.61 Å². The van der Waals surface area contributed by atoms with Crippen molar-refractivity contribution in [3.8, 4) is 34.2 Å². The molecule has 15 heteroatoms. The molecule has 4 aromatic heterocycles. The molecule has 0 aliphatic carbocycles. The molecule has 0 aliphatic heterocycles. The molecule has 0 amide bonds. The first kappa shape index (κ1) is 32.7. The van der Waals surface area contributed by atoms with Gasteiger partial charge in [0.05, 0.1) is 50.0 Å². The lowest BCUT2D eigenvalue weighted by Crippen LogP contribution is -2.27. The van der Waals surface area contributed by atoms with Gasteiger partial charge in [0, 0.05) is 46.0 Å². The van der Waals surface area contributed by atoms with Crippen LogP contribution in [0, 0.1) is 18.3 Å². The summed E-state index contributed by atoms with van der Waals surface area (Å²) in [4.78, 5) is 34.6. The van der Waals surface area contributed by atoms with Crippen molar-refractivity contribution >= 4 is 50.0 Å². The summed E-state index contributed by atoms with van der Waals surface area (Å²) >= 11 is 7.61. The summed E-state index contributed by atoms with van der Waals surface area (Å²) in [5, 5.41) is 25.5. The van der Waals surface area contributed by atoms with E-state index in [0.29, 0.717) is 44.2 Å². The van der Waals surface area contributed by atoms with Crippen LogP contribution < -0.4 is 10.3 Å². The lowest BCUT2D eigenvalue weighted by atomic mass is 9.94. The van der Waals surface area contributed by atoms with E-state index in [1.807, 2.05) is 13.0 Å². The van der Waals surface area contributed by atoms with Crippen molar-refractivity contribution in [1.29, 1.82) is 5.26 Å². The fraction of sp³-hybridized carbons (Fsp3) is 0.212. The third-order valence-corrected chi connectivity index (χ3v) is 9.04. The zero-order chi connectivity index (χ0) is 34.5. The lowest BCUT2D eigenvalue weighted by molar-refractivity contribution is -0.137. The second-order valence-corrected chi connectivity index (χ2v) is 12.1. The van der Waals surface area contributed by atoms with E-state index in [1.165, 1.54) is 52.2 Å². The maximum absolute atomic E-state index is 14.2. The van der Waals surface area contributed by atoms with E-state index >= 15 is 0 Å². The first-order valence-electron chi connectivity index (χ1n) is 14.4. The van der Waals surface area contributed by atoms with Crippen LogP contribution in [0.5, 0.6) is 5.75 Å². The molecule has 10 nitrogen and oxygen atoms in total. The maximum atomic E-state index is 14.2. The SMILES string of the molecule is CCc1cc(-c2cc(Cl)ccc2OCCn2c(C)nc3cc(C(F)(F)F)c(-c4ccn(C)n4)c(C#N)c3c2=O)c2scc(C(=O)O)c2n1. The quantitative estimate of drug-likeness (QED) is 0.176. The van der Waals surface area contributed by atoms with Gasteiger partial charge in [0.2, 0.25) is 0 Å². The number of hydrogen-bond donors (Lipinski definition) is 1. The van der Waals surface area contributed by atoms with E-state index in [2.05, 4.69) is 15.1 Å². The molecule has 6 aromatic rings. The monoisotopic (exact) mass is 692 g/mol. The van der Waals surface area contributed by atoms with E-state index in [-0.39, 0.29) is 41.1 Å². The normalized spacial score (nSPS) is 11.7. The van der Waals surface area contributed by atoms with Gasteiger partial charge in [-0.1, -0.05) is 18.5 Å². The number of rotatable bonds is 8. The van der Waals surface area contributed by atoms with Crippen LogP contribution in [-0.4, -0.2) is 42.0 Å². The van der Waals surface area contributed by atoms with Gasteiger partial charge < -0.3 is 9.84 Å². The van der Waals surface area contributed by atoms with E-state index in [4.69, 9.17) is 16.3 Å². The molecule has 0 spiro atoms. The topological polar surface area (TPSA) is 136 Å². The van der Waals surface area contributed by atoms with Gasteiger partial charge in [0.25, 0.3) is 5.56 Å². The summed E-state index contributed by atoms with van der Waals surface area (Å²) in [7, 11) is 1.53. The molecule has 0 bridgehead atoms. The summed E-state index contributed by atoms with van der Waals surface area (Å²) in [5.74, 6) is -0.580. The predicted octanol–water partition coefficient (Wildman–Crippen LogP) is 7.27. The van der Waals surface area contributed by atoms with Crippen LogP contribution in [0.1, 0.15) is 39.9 Å². The van der Waals surface area contributed by atoms with Crippen LogP contribution in [0.15, 0.2) is 52.8 Å². The average molecular weight is 693 g/mol. The number of benzene rings is 2. The zero-order valence-electron chi connectivity index (χ0n) is 25.5. The minimum Gasteiger partial charge on any atom is -0.491 e. The molecule has 0 unspecified atom stereocenters. The second-order valence-electron chi connectivity index (χ2n) is 10.8. The van der Waals surface area contributed by atoms with Gasteiger partial charge in [0.1, 0.15) is 24.3 Å². The number of aryl methyl sites for hydroxylation is 3. The van der Waals surface area contributed by atoms with Gasteiger partial charge in [-0.25, -0.2) is 9.78 Å². The number of nitrogens with zero attached hydrogens (tertiary/aromatic N) is 6. The highest BCUT2D eigenvalue weighted by Gasteiger charge is 2.37. The fourth-order valence-electron chi connectivity index (χ4n) is 5.58. The number of carboxylic acids is 1. The molecule has 6 rings (SSSR count). The number of fused-ring (bicyclic) bond motifs is 2. The minimum absolute atomic E-state index is 0.0609. The highest BCUT2D eigenvalue weighted by Crippen LogP contribution is 2.42. The van der Waals surface area contributed by atoms with Crippen molar-refractivity contribution in [3.63, 3.8) is 0 Å². The van der Waals surface area contributed by atoms with Crippen LogP contribution in [0.2, 0.25) is 5.02 Å². The smallest absolute Gasteiger partial charge is 0.417 e. The van der Waals surface area contributed by atoms with Crippen LogP contribution in [0.3, 0.4) is 0 Å². The van der Waals surface area contributed by atoms with Crippen LogP contribution in [0.25, 0.3) is 43.5 Å². The Morgan fingerprint density at radius 2 is 1.94 bits per heavy atom. The number of ether oxygens (including phenoxy) is 1. The Morgan fingerprint density at radius 3 is 2.58 bits per heavy atom. The molecule has 0 fully saturated rings. The number of nitriles is 1. The molecule has 48 heavy (non-hydrogen) atoms. The number of aromatic carboxylic acids is 1. The van der Waals surface area contributed by atoms with Gasteiger partial charge in [-0.05, 0) is 49.7 Å². The Kier molecular flexibility index (Phi) is 8.44. The standard InChI is InChI=1S/C33H24ClF3N6O4S/c1-4-18-12-20(30-29(40-18)22(15-48-30)32(45)46)19-11-17(34)5-6-26(19)47-10-9-43-16(2)39-25-13-23(33(35,36)37)27(24-7-8-42(3)41-24)21(14-38)28(25)31(43)44/h5-8,11-13,15H,4,9-10H2,1-3H3,(H,45,46). The second kappa shape index (κ2) is 12.4. The molecule has 0 saturated carbocycles. The zero-order valence-corrected chi connectivity index (χ0v) is 27.1. The molecule has 1 N–H and O–H groups in total. The highest BCUT2D eigenvalue weighted by molar-refractivity contribution is 7.18. The molecule has 4 heterocycles. The average Bonchev–Trinajstić information content (AvgIpc) is 3.67. The molecule has 2 aromatic carbocycles. The van der Waals surface area contributed by atoms with Gasteiger partial charge in [-0.3, -0.25) is 19.0 Å². The number of aromatic nitrogens is 5. The van der Waals surface area contributed by atoms with E-state index in [9.17, 15) is 33.1 Å². The van der Waals surface area contributed by atoms with Crippen LogP contribution >= 0.6 is 22.9 Å². The van der Waals surface area contributed by atoms with Gasteiger partial charge in [0.15, 0.2) is 0 Å². The molecule has 0 aliphatic rings. The molecule has 0 saturated heterocycles. The third kappa shape index (κ3) is 5.75. The lowest BCUT2D eigenvalue weighted by Gasteiger charge is -2.18. The summed E-state index contributed by atoms with van der Waals surface area (Å²) in [6.45, 7) is 3.25. The minimum atomic E-state index is -4.85. The molecular formula is C33H24ClF3N6O4S. The Balaban J connectivity index is 1.41. The molecule has 244 valence electrons. The number of halogens is 4. The van der Waals surface area contributed by atoms with E-state index in [0.717, 1.165) is 6.07 Å². The van der Waals surface area contributed by atoms with Crippen LogP contribution in [0.4, 0.5) is 13.2 Å². The van der Waals surface area contributed by atoms with Gasteiger partial charge in [-0.2, -0.15) is 23.5 Å². The number of thiophene rings is 1.